The zero-order valence-electron chi connectivity index (χ0n) is 21.1. The highest BCUT2D eigenvalue weighted by Gasteiger charge is 2.29. The Morgan fingerprint density at radius 1 is 1.13 bits per heavy atom. The van der Waals surface area contributed by atoms with Crippen LogP contribution in [0.5, 0.6) is 0 Å². The Hall–Kier alpha value is -3.24. The number of thiophene rings is 1. The number of carbonyl (C=O) groups is 1. The third kappa shape index (κ3) is 4.60. The Bertz CT molecular complexity index is 1490. The molecule has 0 bridgehead atoms. The summed E-state index contributed by atoms with van der Waals surface area (Å²) in [5.41, 5.74) is 5.38. The van der Waals surface area contributed by atoms with Crippen LogP contribution in [0, 0.1) is 0 Å². The number of aliphatic hydroxyl groups is 1. The van der Waals surface area contributed by atoms with Crippen LogP contribution in [0.4, 0.5) is 5.69 Å². The summed E-state index contributed by atoms with van der Waals surface area (Å²) in [4.78, 5) is 23.6. The lowest BCUT2D eigenvalue weighted by atomic mass is 10.1. The molecule has 1 atom stereocenters. The predicted octanol–water partition coefficient (Wildman–Crippen LogP) is 4.33. The molecule has 0 radical (unpaired) electrons. The van der Waals surface area contributed by atoms with Crippen LogP contribution in [0.25, 0.3) is 21.5 Å². The molecule has 3 aliphatic rings. The predicted molar refractivity (Wildman–Crippen MR) is 146 cm³/mol. The van der Waals surface area contributed by atoms with Crippen molar-refractivity contribution in [3.8, 4) is 10.4 Å². The van der Waals surface area contributed by atoms with Crippen molar-refractivity contribution >= 4 is 34.0 Å². The molecule has 38 heavy (non-hydrogen) atoms. The fourth-order valence-corrected chi connectivity index (χ4v) is 6.47. The van der Waals surface area contributed by atoms with Gasteiger partial charge < -0.3 is 24.5 Å². The van der Waals surface area contributed by atoms with Crippen LogP contribution < -0.4 is 10.2 Å². The van der Waals surface area contributed by atoms with Crippen molar-refractivity contribution in [2.75, 3.05) is 37.7 Å². The van der Waals surface area contributed by atoms with Crippen molar-refractivity contribution in [3.05, 3.63) is 70.4 Å². The van der Waals surface area contributed by atoms with Crippen molar-refractivity contribution in [1.29, 1.82) is 0 Å². The number of carbonyl (C=O) groups excluding carboxylic acids is 1. The Labute approximate surface area is 224 Å². The van der Waals surface area contributed by atoms with Gasteiger partial charge in [0, 0.05) is 47.4 Å². The number of morpholine rings is 1. The number of aliphatic hydroxyl groups excluding tert-OH is 1. The quantitative estimate of drug-likeness (QED) is 0.383. The van der Waals surface area contributed by atoms with E-state index in [1.54, 1.807) is 11.3 Å². The van der Waals surface area contributed by atoms with E-state index in [1.165, 1.54) is 0 Å². The number of benzene rings is 2. The van der Waals surface area contributed by atoms with Crippen LogP contribution in [0.3, 0.4) is 0 Å². The molecule has 2 aromatic carbocycles. The summed E-state index contributed by atoms with van der Waals surface area (Å²) >= 11 is 1.54. The monoisotopic (exact) mass is 530 g/mol. The van der Waals surface area contributed by atoms with E-state index in [-0.39, 0.29) is 5.91 Å². The van der Waals surface area contributed by atoms with Gasteiger partial charge in [0.2, 0.25) is 5.89 Å². The minimum atomic E-state index is -0.847. The van der Waals surface area contributed by atoms with E-state index in [2.05, 4.69) is 21.3 Å². The van der Waals surface area contributed by atoms with E-state index in [4.69, 9.17) is 9.15 Å². The van der Waals surface area contributed by atoms with Crippen LogP contribution in [0.2, 0.25) is 0 Å². The highest BCUT2D eigenvalue weighted by atomic mass is 32.1. The molecule has 4 aromatic rings. The molecule has 1 amide bonds. The molecule has 2 aliphatic heterocycles. The van der Waals surface area contributed by atoms with E-state index in [0.717, 1.165) is 83.2 Å². The Balaban J connectivity index is 1.16. The highest BCUT2D eigenvalue weighted by Crippen LogP contribution is 2.43. The summed E-state index contributed by atoms with van der Waals surface area (Å²) < 4.78 is 11.5. The molecule has 1 aliphatic carbocycles. The van der Waals surface area contributed by atoms with Gasteiger partial charge in [-0.15, -0.1) is 11.3 Å². The van der Waals surface area contributed by atoms with Crippen molar-refractivity contribution in [2.24, 2.45) is 0 Å². The van der Waals surface area contributed by atoms with Gasteiger partial charge in [0.1, 0.15) is 5.52 Å². The summed E-state index contributed by atoms with van der Waals surface area (Å²) in [5, 5.41) is 14.7. The van der Waals surface area contributed by atoms with Gasteiger partial charge in [0.25, 0.3) is 5.91 Å². The van der Waals surface area contributed by atoms with Crippen molar-refractivity contribution in [3.63, 3.8) is 0 Å². The maximum absolute atomic E-state index is 12.7. The average molecular weight is 531 g/mol. The van der Waals surface area contributed by atoms with Crippen LogP contribution >= 0.6 is 11.3 Å². The molecule has 2 fully saturated rings. The average Bonchev–Trinajstić information content (AvgIpc) is 3.54. The summed E-state index contributed by atoms with van der Waals surface area (Å²) in [6.45, 7) is 4.48. The first-order chi connectivity index (χ1) is 18.6. The third-order valence-corrected chi connectivity index (χ3v) is 8.75. The number of oxazole rings is 1. The van der Waals surface area contributed by atoms with Gasteiger partial charge >= 0.3 is 0 Å². The number of aromatic nitrogens is 1. The third-order valence-electron chi connectivity index (χ3n) is 7.54. The second kappa shape index (κ2) is 9.81. The van der Waals surface area contributed by atoms with Crippen molar-refractivity contribution < 1.29 is 19.1 Å². The molecule has 2 aromatic heterocycles. The van der Waals surface area contributed by atoms with E-state index >= 15 is 0 Å². The number of fused-ring (bicyclic) bond motifs is 4. The number of rotatable bonds is 6. The normalized spacial score (nSPS) is 18.6. The van der Waals surface area contributed by atoms with Gasteiger partial charge in [-0.1, -0.05) is 24.3 Å². The zero-order valence-corrected chi connectivity index (χ0v) is 21.9. The van der Waals surface area contributed by atoms with E-state index in [9.17, 15) is 9.90 Å². The molecule has 2 N–H and O–H groups in total. The summed E-state index contributed by atoms with van der Waals surface area (Å²) in [5.74, 6) is 0.702. The molecule has 8 nitrogen and oxygen atoms in total. The van der Waals surface area contributed by atoms with Gasteiger partial charge in [0.15, 0.2) is 11.8 Å². The molecule has 0 spiro atoms. The lowest BCUT2D eigenvalue weighted by Gasteiger charge is -2.30. The van der Waals surface area contributed by atoms with E-state index in [0.29, 0.717) is 30.6 Å². The Morgan fingerprint density at radius 3 is 2.82 bits per heavy atom. The fourth-order valence-electron chi connectivity index (χ4n) is 5.32. The standard InChI is InChI=1S/C29H30N4O4S/c34-28(30-20-6-7-20)25-16-18-9-10-33(23-4-2-1-3-21(23)27(18)38-25)29(35)19-5-8-22-24(15-19)37-26(31-22)17-32-11-13-36-14-12-32/h1-5,8,15-16,20,29,35H,6-7,9-14,17H2,(H,30,34). The van der Waals surface area contributed by atoms with Gasteiger partial charge in [-0.05, 0) is 49.1 Å². The SMILES string of the molecule is O=C(NC1CC1)c1cc2c(s1)-c1ccccc1N(C(O)c1ccc3nc(CN4CCOCC4)oc3c1)CC2. The number of anilines is 1. The number of hydrogen-bond donors (Lipinski definition) is 2. The Kier molecular flexibility index (Phi) is 6.16. The van der Waals surface area contributed by atoms with Crippen LogP contribution in [0.15, 0.2) is 52.9 Å². The van der Waals surface area contributed by atoms with Gasteiger partial charge in [-0.3, -0.25) is 9.69 Å². The first-order valence-corrected chi connectivity index (χ1v) is 14.1. The lowest BCUT2D eigenvalue weighted by molar-refractivity contribution is 0.0308. The maximum Gasteiger partial charge on any atom is 0.261 e. The topological polar surface area (TPSA) is 91.1 Å². The highest BCUT2D eigenvalue weighted by molar-refractivity contribution is 7.17. The second-order valence-corrected chi connectivity index (χ2v) is 11.3. The molecule has 9 heteroatoms. The van der Waals surface area contributed by atoms with Crippen molar-refractivity contribution in [1.82, 2.24) is 15.2 Å². The molecule has 1 saturated heterocycles. The zero-order chi connectivity index (χ0) is 25.6. The van der Waals surface area contributed by atoms with Gasteiger partial charge in [-0.2, -0.15) is 0 Å². The van der Waals surface area contributed by atoms with Crippen LogP contribution in [-0.4, -0.2) is 59.8 Å². The van der Waals surface area contributed by atoms with Crippen molar-refractivity contribution in [2.45, 2.75) is 38.1 Å². The number of ether oxygens (including phenoxy) is 1. The minimum absolute atomic E-state index is 0.0216. The first kappa shape index (κ1) is 23.8. The number of para-hydroxylation sites is 1. The summed E-state index contributed by atoms with van der Waals surface area (Å²) in [7, 11) is 0. The van der Waals surface area contributed by atoms with Gasteiger partial charge in [0.05, 0.1) is 24.6 Å². The summed E-state index contributed by atoms with van der Waals surface area (Å²) in [6.07, 6.45) is 2.03. The molecular formula is C29H30N4O4S. The largest absolute Gasteiger partial charge is 0.439 e. The maximum atomic E-state index is 12.7. The lowest BCUT2D eigenvalue weighted by Crippen LogP contribution is -2.35. The van der Waals surface area contributed by atoms with Crippen LogP contribution in [0.1, 0.15) is 45.8 Å². The van der Waals surface area contributed by atoms with E-state index < -0.39 is 6.23 Å². The Morgan fingerprint density at radius 2 is 1.97 bits per heavy atom. The molecule has 196 valence electrons. The van der Waals surface area contributed by atoms with Crippen LogP contribution in [-0.2, 0) is 17.7 Å². The van der Waals surface area contributed by atoms with Gasteiger partial charge in [-0.25, -0.2) is 4.98 Å². The number of amides is 1. The van der Waals surface area contributed by atoms with E-state index in [1.807, 2.05) is 47.4 Å². The minimum Gasteiger partial charge on any atom is -0.439 e. The molecule has 1 unspecified atom stereocenters. The summed E-state index contributed by atoms with van der Waals surface area (Å²) in [6, 6.07) is 16.2. The number of nitrogens with one attached hydrogen (secondary N) is 1. The fraction of sp³-hybridized carbons (Fsp3) is 0.379. The molecule has 1 saturated carbocycles. The number of nitrogens with zero attached hydrogens (tertiary/aromatic N) is 3. The molecule has 4 heterocycles. The molecular weight excluding hydrogens is 500 g/mol. The molecule has 7 rings (SSSR count). The smallest absolute Gasteiger partial charge is 0.261 e. The second-order valence-electron chi connectivity index (χ2n) is 10.3. The number of hydrogen-bond acceptors (Lipinski definition) is 8. The first-order valence-electron chi connectivity index (χ1n) is 13.3.